The van der Waals surface area contributed by atoms with Gasteiger partial charge in [0, 0.05) is 19.3 Å². The van der Waals surface area contributed by atoms with E-state index in [2.05, 4.69) is 24.5 Å². The van der Waals surface area contributed by atoms with Crippen LogP contribution in [-0.4, -0.2) is 38.9 Å². The zero-order valence-electron chi connectivity index (χ0n) is 10.2. The fourth-order valence-electron chi connectivity index (χ4n) is 1.86. The minimum absolute atomic E-state index is 0.612. The van der Waals surface area contributed by atoms with Gasteiger partial charge in [-0.3, -0.25) is 0 Å². The highest BCUT2D eigenvalue weighted by Crippen LogP contribution is 2.12. The van der Waals surface area contributed by atoms with Crippen LogP contribution in [0.5, 0.6) is 0 Å². The topological polar surface area (TPSA) is 33.3 Å². The standard InChI is InChI=1S/C12H26N2O/c1-11(2)14-7-3-6-13-10-12-4-8-15-9-5-12/h11-14H,3-10H2,1-2H3. The number of rotatable bonds is 7. The van der Waals surface area contributed by atoms with Crippen LogP contribution >= 0.6 is 0 Å². The summed E-state index contributed by atoms with van der Waals surface area (Å²) >= 11 is 0. The molecular weight excluding hydrogens is 188 g/mol. The van der Waals surface area contributed by atoms with Crippen LogP contribution in [0.4, 0.5) is 0 Å². The summed E-state index contributed by atoms with van der Waals surface area (Å²) in [5.74, 6) is 0.844. The van der Waals surface area contributed by atoms with Crippen molar-refractivity contribution in [3.05, 3.63) is 0 Å². The SMILES string of the molecule is CC(C)NCCCNCC1CCOCC1. The van der Waals surface area contributed by atoms with Crippen LogP contribution < -0.4 is 10.6 Å². The normalized spacial score (nSPS) is 18.6. The van der Waals surface area contributed by atoms with Gasteiger partial charge in [0.1, 0.15) is 0 Å². The molecule has 0 aromatic rings. The summed E-state index contributed by atoms with van der Waals surface area (Å²) in [5.41, 5.74) is 0. The van der Waals surface area contributed by atoms with Crippen LogP contribution in [0.3, 0.4) is 0 Å². The van der Waals surface area contributed by atoms with Gasteiger partial charge < -0.3 is 15.4 Å². The third-order valence-electron chi connectivity index (χ3n) is 2.86. The van der Waals surface area contributed by atoms with E-state index in [1.165, 1.54) is 25.8 Å². The van der Waals surface area contributed by atoms with Gasteiger partial charge in [0.25, 0.3) is 0 Å². The Morgan fingerprint density at radius 3 is 2.60 bits per heavy atom. The maximum absolute atomic E-state index is 5.33. The van der Waals surface area contributed by atoms with Crippen molar-refractivity contribution in [2.24, 2.45) is 5.92 Å². The third-order valence-corrected chi connectivity index (χ3v) is 2.86. The first-order chi connectivity index (χ1) is 7.29. The van der Waals surface area contributed by atoms with Gasteiger partial charge >= 0.3 is 0 Å². The predicted molar refractivity (Wildman–Crippen MR) is 64.2 cm³/mol. The minimum Gasteiger partial charge on any atom is -0.381 e. The molecule has 0 atom stereocenters. The first-order valence-corrected chi connectivity index (χ1v) is 6.31. The van der Waals surface area contributed by atoms with Gasteiger partial charge in [0.05, 0.1) is 0 Å². The van der Waals surface area contributed by atoms with E-state index < -0.39 is 0 Å². The second-order valence-corrected chi connectivity index (χ2v) is 4.72. The van der Waals surface area contributed by atoms with E-state index in [9.17, 15) is 0 Å². The van der Waals surface area contributed by atoms with Crippen molar-refractivity contribution in [3.8, 4) is 0 Å². The molecule has 0 aliphatic carbocycles. The zero-order valence-corrected chi connectivity index (χ0v) is 10.2. The molecule has 1 fully saturated rings. The summed E-state index contributed by atoms with van der Waals surface area (Å²) in [4.78, 5) is 0. The molecule has 3 nitrogen and oxygen atoms in total. The van der Waals surface area contributed by atoms with E-state index in [1.54, 1.807) is 0 Å². The smallest absolute Gasteiger partial charge is 0.0469 e. The Morgan fingerprint density at radius 1 is 1.20 bits per heavy atom. The highest BCUT2D eigenvalue weighted by molar-refractivity contribution is 4.66. The summed E-state index contributed by atoms with van der Waals surface area (Å²) in [6.07, 6.45) is 3.69. The van der Waals surface area contributed by atoms with Crippen LogP contribution in [0.25, 0.3) is 0 Å². The van der Waals surface area contributed by atoms with E-state index >= 15 is 0 Å². The Morgan fingerprint density at radius 2 is 1.93 bits per heavy atom. The number of nitrogens with one attached hydrogen (secondary N) is 2. The lowest BCUT2D eigenvalue weighted by Gasteiger charge is -2.22. The molecule has 0 aromatic heterocycles. The second-order valence-electron chi connectivity index (χ2n) is 4.72. The lowest BCUT2D eigenvalue weighted by Crippen LogP contribution is -2.31. The second kappa shape index (κ2) is 8.08. The molecule has 1 aliphatic rings. The summed E-state index contributed by atoms with van der Waals surface area (Å²) in [5, 5.41) is 6.96. The zero-order chi connectivity index (χ0) is 10.9. The summed E-state index contributed by atoms with van der Waals surface area (Å²) < 4.78 is 5.33. The average Bonchev–Trinajstić information content (AvgIpc) is 2.24. The fraction of sp³-hybridized carbons (Fsp3) is 1.00. The molecule has 0 spiro atoms. The van der Waals surface area contributed by atoms with Crippen molar-refractivity contribution in [1.82, 2.24) is 10.6 Å². The summed E-state index contributed by atoms with van der Waals surface area (Å²) in [6, 6.07) is 0.612. The molecule has 2 N–H and O–H groups in total. The quantitative estimate of drug-likeness (QED) is 0.628. The molecule has 0 bridgehead atoms. The van der Waals surface area contributed by atoms with E-state index in [-0.39, 0.29) is 0 Å². The van der Waals surface area contributed by atoms with Crippen molar-refractivity contribution in [2.75, 3.05) is 32.8 Å². The number of hydrogen-bond donors (Lipinski definition) is 2. The molecule has 3 heteroatoms. The van der Waals surface area contributed by atoms with Crippen LogP contribution in [0.2, 0.25) is 0 Å². The largest absolute Gasteiger partial charge is 0.381 e. The van der Waals surface area contributed by atoms with Crippen molar-refractivity contribution in [1.29, 1.82) is 0 Å². The molecule has 0 radical (unpaired) electrons. The van der Waals surface area contributed by atoms with Crippen molar-refractivity contribution in [2.45, 2.75) is 39.2 Å². The van der Waals surface area contributed by atoms with E-state index in [0.717, 1.165) is 32.2 Å². The summed E-state index contributed by atoms with van der Waals surface area (Å²) in [6.45, 7) is 9.73. The van der Waals surface area contributed by atoms with Gasteiger partial charge in [-0.25, -0.2) is 0 Å². The highest BCUT2D eigenvalue weighted by Gasteiger charge is 2.12. The monoisotopic (exact) mass is 214 g/mol. The molecule has 1 rings (SSSR count). The first-order valence-electron chi connectivity index (χ1n) is 6.31. The van der Waals surface area contributed by atoms with Crippen LogP contribution in [0.15, 0.2) is 0 Å². The van der Waals surface area contributed by atoms with Gasteiger partial charge in [0.15, 0.2) is 0 Å². The lowest BCUT2D eigenvalue weighted by atomic mass is 10.0. The van der Waals surface area contributed by atoms with E-state index in [0.29, 0.717) is 6.04 Å². The van der Waals surface area contributed by atoms with Crippen LogP contribution in [0.1, 0.15) is 33.1 Å². The van der Waals surface area contributed by atoms with Gasteiger partial charge in [-0.05, 0) is 44.8 Å². The molecule has 0 unspecified atom stereocenters. The number of hydrogen-bond acceptors (Lipinski definition) is 3. The Bertz CT molecular complexity index is 145. The van der Waals surface area contributed by atoms with Gasteiger partial charge in [0.2, 0.25) is 0 Å². The molecule has 1 heterocycles. The average molecular weight is 214 g/mol. The molecule has 0 aromatic carbocycles. The van der Waals surface area contributed by atoms with Crippen molar-refractivity contribution >= 4 is 0 Å². The molecule has 1 aliphatic heterocycles. The molecule has 1 saturated heterocycles. The Hall–Kier alpha value is -0.120. The van der Waals surface area contributed by atoms with Gasteiger partial charge in [-0.15, -0.1) is 0 Å². The van der Waals surface area contributed by atoms with Crippen LogP contribution in [0, 0.1) is 5.92 Å². The fourth-order valence-corrected chi connectivity index (χ4v) is 1.86. The molecule has 15 heavy (non-hydrogen) atoms. The lowest BCUT2D eigenvalue weighted by molar-refractivity contribution is 0.0663. The van der Waals surface area contributed by atoms with Crippen molar-refractivity contribution in [3.63, 3.8) is 0 Å². The van der Waals surface area contributed by atoms with Crippen LogP contribution in [-0.2, 0) is 4.74 Å². The number of ether oxygens (including phenoxy) is 1. The molecule has 0 saturated carbocycles. The van der Waals surface area contributed by atoms with E-state index in [4.69, 9.17) is 4.74 Å². The molecule has 90 valence electrons. The van der Waals surface area contributed by atoms with Crippen molar-refractivity contribution < 1.29 is 4.74 Å². The van der Waals surface area contributed by atoms with E-state index in [1.807, 2.05) is 0 Å². The van der Waals surface area contributed by atoms with Gasteiger partial charge in [-0.2, -0.15) is 0 Å². The van der Waals surface area contributed by atoms with Gasteiger partial charge in [-0.1, -0.05) is 13.8 Å². The Balaban J connectivity index is 1.83. The predicted octanol–water partition coefficient (Wildman–Crippen LogP) is 1.39. The Labute approximate surface area is 94.0 Å². The first kappa shape index (κ1) is 12.9. The summed E-state index contributed by atoms with van der Waals surface area (Å²) in [7, 11) is 0. The maximum atomic E-state index is 5.33. The molecular formula is C12H26N2O. The maximum Gasteiger partial charge on any atom is 0.0469 e. The minimum atomic E-state index is 0.612. The third kappa shape index (κ3) is 6.88. The highest BCUT2D eigenvalue weighted by atomic mass is 16.5. The molecule has 0 amide bonds. The Kier molecular flexibility index (Phi) is 6.98.